The standard InChI is InChI=1S/C15H21N5/c1-10-9-16-19-14(10)13-4-6-20(7-5-13)15-17-11(2)8-12(3)18-15/h8-9,13H,4-7H2,1-3H3,(H,16,19). The van der Waals surface area contributed by atoms with E-state index in [4.69, 9.17) is 0 Å². The minimum Gasteiger partial charge on any atom is -0.341 e. The maximum Gasteiger partial charge on any atom is 0.225 e. The average Bonchev–Trinajstić information content (AvgIpc) is 2.84. The van der Waals surface area contributed by atoms with E-state index in [2.05, 4.69) is 32.0 Å². The van der Waals surface area contributed by atoms with Crippen LogP contribution in [0.4, 0.5) is 5.95 Å². The summed E-state index contributed by atoms with van der Waals surface area (Å²) in [6.45, 7) is 8.19. The van der Waals surface area contributed by atoms with Crippen LogP contribution in [0.15, 0.2) is 12.3 Å². The van der Waals surface area contributed by atoms with Crippen LogP contribution in [0.3, 0.4) is 0 Å². The number of nitrogens with one attached hydrogen (secondary N) is 1. The van der Waals surface area contributed by atoms with Gasteiger partial charge < -0.3 is 4.90 Å². The van der Waals surface area contributed by atoms with Gasteiger partial charge in [-0.3, -0.25) is 5.10 Å². The Labute approximate surface area is 119 Å². The van der Waals surface area contributed by atoms with Crippen molar-refractivity contribution in [2.24, 2.45) is 0 Å². The highest BCUT2D eigenvalue weighted by molar-refractivity contribution is 5.34. The van der Waals surface area contributed by atoms with E-state index >= 15 is 0 Å². The number of H-pyrrole nitrogens is 1. The summed E-state index contributed by atoms with van der Waals surface area (Å²) < 4.78 is 0. The largest absolute Gasteiger partial charge is 0.341 e. The molecule has 0 saturated carbocycles. The van der Waals surface area contributed by atoms with Gasteiger partial charge in [0.25, 0.3) is 0 Å². The first kappa shape index (κ1) is 13.1. The van der Waals surface area contributed by atoms with E-state index in [9.17, 15) is 0 Å². The molecule has 0 aromatic carbocycles. The Morgan fingerprint density at radius 1 is 1.10 bits per heavy atom. The van der Waals surface area contributed by atoms with E-state index < -0.39 is 0 Å². The molecule has 106 valence electrons. The van der Waals surface area contributed by atoms with Gasteiger partial charge in [-0.2, -0.15) is 5.10 Å². The van der Waals surface area contributed by atoms with Gasteiger partial charge in [0.2, 0.25) is 5.95 Å². The monoisotopic (exact) mass is 271 g/mol. The summed E-state index contributed by atoms with van der Waals surface area (Å²) in [5.74, 6) is 1.46. The molecule has 1 aliphatic heterocycles. The van der Waals surface area contributed by atoms with Crippen molar-refractivity contribution < 1.29 is 0 Å². The van der Waals surface area contributed by atoms with Crippen LogP contribution < -0.4 is 4.90 Å². The molecule has 0 bridgehead atoms. The van der Waals surface area contributed by atoms with Crippen molar-refractivity contribution in [1.29, 1.82) is 0 Å². The van der Waals surface area contributed by atoms with Crippen molar-refractivity contribution in [2.45, 2.75) is 39.5 Å². The third-order valence-electron chi connectivity index (χ3n) is 4.02. The molecule has 2 aromatic heterocycles. The molecule has 20 heavy (non-hydrogen) atoms. The number of aromatic amines is 1. The Bertz CT molecular complexity index is 576. The molecule has 2 aromatic rings. The Morgan fingerprint density at radius 2 is 1.75 bits per heavy atom. The zero-order valence-electron chi connectivity index (χ0n) is 12.3. The maximum absolute atomic E-state index is 4.56. The second-order valence-corrected chi connectivity index (χ2v) is 5.68. The smallest absolute Gasteiger partial charge is 0.225 e. The summed E-state index contributed by atoms with van der Waals surface area (Å²) >= 11 is 0. The number of nitrogens with zero attached hydrogens (tertiary/aromatic N) is 4. The molecule has 0 amide bonds. The minimum atomic E-state index is 0.583. The molecule has 5 nitrogen and oxygen atoms in total. The Balaban J connectivity index is 1.71. The molecule has 1 fully saturated rings. The van der Waals surface area contributed by atoms with Crippen LogP contribution in [0.25, 0.3) is 0 Å². The third kappa shape index (κ3) is 2.53. The summed E-state index contributed by atoms with van der Waals surface area (Å²) in [6, 6.07) is 2.02. The Kier molecular flexibility index (Phi) is 3.42. The van der Waals surface area contributed by atoms with Gasteiger partial charge in [0.1, 0.15) is 0 Å². The van der Waals surface area contributed by atoms with Gasteiger partial charge in [-0.15, -0.1) is 0 Å². The lowest BCUT2D eigenvalue weighted by molar-refractivity contribution is 0.488. The molecule has 0 unspecified atom stereocenters. The first-order chi connectivity index (χ1) is 9.63. The van der Waals surface area contributed by atoms with Crippen LogP contribution in [0.1, 0.15) is 41.4 Å². The molecule has 1 N–H and O–H groups in total. The van der Waals surface area contributed by atoms with Crippen molar-refractivity contribution in [3.63, 3.8) is 0 Å². The van der Waals surface area contributed by atoms with E-state index in [1.54, 1.807) is 0 Å². The lowest BCUT2D eigenvalue weighted by Gasteiger charge is -2.32. The quantitative estimate of drug-likeness (QED) is 0.911. The predicted molar refractivity (Wildman–Crippen MR) is 79.0 cm³/mol. The minimum absolute atomic E-state index is 0.583. The zero-order chi connectivity index (χ0) is 14.1. The molecule has 0 spiro atoms. The maximum atomic E-state index is 4.56. The van der Waals surface area contributed by atoms with Gasteiger partial charge in [-0.1, -0.05) is 0 Å². The van der Waals surface area contributed by atoms with Gasteiger partial charge in [-0.05, 0) is 45.2 Å². The van der Waals surface area contributed by atoms with Crippen LogP contribution in [-0.2, 0) is 0 Å². The molecule has 5 heteroatoms. The lowest BCUT2D eigenvalue weighted by Crippen LogP contribution is -2.34. The number of hydrogen-bond donors (Lipinski definition) is 1. The molecule has 1 saturated heterocycles. The SMILES string of the molecule is Cc1cc(C)nc(N2CCC(c3[nH]ncc3C)CC2)n1. The van der Waals surface area contributed by atoms with Crippen molar-refractivity contribution >= 4 is 5.95 Å². The van der Waals surface area contributed by atoms with E-state index in [1.807, 2.05) is 26.1 Å². The van der Waals surface area contributed by atoms with E-state index in [0.29, 0.717) is 5.92 Å². The number of aryl methyl sites for hydroxylation is 3. The fourth-order valence-electron chi connectivity index (χ4n) is 2.99. The first-order valence-corrected chi connectivity index (χ1v) is 7.20. The third-order valence-corrected chi connectivity index (χ3v) is 4.02. The highest BCUT2D eigenvalue weighted by Crippen LogP contribution is 2.29. The fraction of sp³-hybridized carbons (Fsp3) is 0.533. The number of rotatable bonds is 2. The first-order valence-electron chi connectivity index (χ1n) is 7.20. The van der Waals surface area contributed by atoms with Crippen molar-refractivity contribution in [3.8, 4) is 0 Å². The topological polar surface area (TPSA) is 57.7 Å². The van der Waals surface area contributed by atoms with E-state index in [-0.39, 0.29) is 0 Å². The van der Waals surface area contributed by atoms with Crippen LogP contribution in [-0.4, -0.2) is 33.3 Å². The van der Waals surface area contributed by atoms with Gasteiger partial charge in [-0.25, -0.2) is 9.97 Å². The van der Waals surface area contributed by atoms with Crippen LogP contribution in [0.2, 0.25) is 0 Å². The summed E-state index contributed by atoms with van der Waals surface area (Å²) in [5, 5.41) is 7.28. The molecule has 3 rings (SSSR count). The number of piperidine rings is 1. The normalized spacial score (nSPS) is 16.6. The van der Waals surface area contributed by atoms with Gasteiger partial charge in [0.05, 0.1) is 6.20 Å². The summed E-state index contributed by atoms with van der Waals surface area (Å²) in [5.41, 5.74) is 4.65. The lowest BCUT2D eigenvalue weighted by atomic mass is 9.92. The number of anilines is 1. The summed E-state index contributed by atoms with van der Waals surface area (Å²) in [4.78, 5) is 11.4. The van der Waals surface area contributed by atoms with Crippen molar-refractivity contribution in [1.82, 2.24) is 20.2 Å². The summed E-state index contributed by atoms with van der Waals surface area (Å²) in [6.07, 6.45) is 4.16. The van der Waals surface area contributed by atoms with Gasteiger partial charge in [0, 0.05) is 36.1 Å². The second kappa shape index (κ2) is 5.23. The van der Waals surface area contributed by atoms with Gasteiger partial charge >= 0.3 is 0 Å². The zero-order valence-corrected chi connectivity index (χ0v) is 12.3. The predicted octanol–water partition coefficient (Wildman–Crippen LogP) is 2.51. The molecule has 3 heterocycles. The second-order valence-electron chi connectivity index (χ2n) is 5.68. The number of hydrogen-bond acceptors (Lipinski definition) is 4. The Hall–Kier alpha value is -1.91. The average molecular weight is 271 g/mol. The van der Waals surface area contributed by atoms with Gasteiger partial charge in [0.15, 0.2) is 0 Å². The van der Waals surface area contributed by atoms with Crippen molar-refractivity contribution in [2.75, 3.05) is 18.0 Å². The Morgan fingerprint density at radius 3 is 2.30 bits per heavy atom. The van der Waals surface area contributed by atoms with Crippen LogP contribution in [0, 0.1) is 20.8 Å². The van der Waals surface area contributed by atoms with E-state index in [0.717, 1.165) is 43.3 Å². The fourth-order valence-corrected chi connectivity index (χ4v) is 2.99. The molecular formula is C15H21N5. The van der Waals surface area contributed by atoms with Crippen LogP contribution in [0.5, 0.6) is 0 Å². The van der Waals surface area contributed by atoms with E-state index in [1.165, 1.54) is 11.3 Å². The number of aromatic nitrogens is 4. The molecule has 0 aliphatic carbocycles. The molecule has 0 atom stereocenters. The summed E-state index contributed by atoms with van der Waals surface area (Å²) in [7, 11) is 0. The molecule has 1 aliphatic rings. The highest BCUT2D eigenvalue weighted by Gasteiger charge is 2.24. The molecule has 0 radical (unpaired) electrons. The van der Waals surface area contributed by atoms with Crippen LogP contribution >= 0.6 is 0 Å². The van der Waals surface area contributed by atoms with Crippen molar-refractivity contribution in [3.05, 3.63) is 34.9 Å². The molecular weight excluding hydrogens is 250 g/mol. The highest BCUT2D eigenvalue weighted by atomic mass is 15.3.